The first-order valence-electron chi connectivity index (χ1n) is 8.03. The lowest BCUT2D eigenvalue weighted by molar-refractivity contribution is -0.151. The van der Waals surface area contributed by atoms with Gasteiger partial charge in [-0.15, -0.1) is 0 Å². The van der Waals surface area contributed by atoms with Crippen molar-refractivity contribution < 1.29 is 19.1 Å². The van der Waals surface area contributed by atoms with Crippen molar-refractivity contribution in [2.24, 2.45) is 17.8 Å². The smallest absolute Gasteiger partial charge is 0.309 e. The van der Waals surface area contributed by atoms with Gasteiger partial charge in [0.05, 0.1) is 24.5 Å². The van der Waals surface area contributed by atoms with Crippen LogP contribution in [0.5, 0.6) is 0 Å². The van der Waals surface area contributed by atoms with Crippen LogP contribution < -0.4 is 0 Å². The molecule has 0 radical (unpaired) electrons. The Labute approximate surface area is 130 Å². The molecule has 0 aromatic rings. The van der Waals surface area contributed by atoms with Gasteiger partial charge in [-0.2, -0.15) is 0 Å². The molecule has 2 atom stereocenters. The largest absolute Gasteiger partial charge is 0.469 e. The van der Waals surface area contributed by atoms with Crippen LogP contribution in [0.15, 0.2) is 0 Å². The van der Waals surface area contributed by atoms with E-state index in [-0.39, 0.29) is 41.1 Å². The number of amides is 2. The highest BCUT2D eigenvalue weighted by Gasteiger charge is 2.53. The number of carbonyl (C=O) groups is 3. The van der Waals surface area contributed by atoms with E-state index < -0.39 is 0 Å². The lowest BCUT2D eigenvalue weighted by Crippen LogP contribution is -2.62. The first kappa shape index (κ1) is 15.3. The molecular weight excluding hydrogens is 284 g/mol. The van der Waals surface area contributed by atoms with E-state index in [0.29, 0.717) is 26.1 Å². The fourth-order valence-electron chi connectivity index (χ4n) is 3.42. The van der Waals surface area contributed by atoms with Gasteiger partial charge < -0.3 is 14.5 Å². The Morgan fingerprint density at radius 3 is 2.27 bits per heavy atom. The minimum atomic E-state index is -0.386. The molecule has 0 bridgehead atoms. The SMILES string of the molecule is COC(=O)C1CC1C(=O)N1CCN(C(=O)C2CC2)CC1(C)C. The third kappa shape index (κ3) is 2.71. The van der Waals surface area contributed by atoms with Crippen molar-refractivity contribution in [2.45, 2.75) is 38.6 Å². The summed E-state index contributed by atoms with van der Waals surface area (Å²) in [7, 11) is 1.36. The number of hydrogen-bond donors (Lipinski definition) is 0. The Morgan fingerprint density at radius 1 is 1.05 bits per heavy atom. The standard InChI is InChI=1S/C16H24N2O4/c1-16(2)9-17(13(19)10-4-5-10)6-7-18(16)14(20)11-8-12(11)15(21)22-3/h10-12H,4-9H2,1-3H3. The second-order valence-corrected chi connectivity index (χ2v) is 7.31. The van der Waals surface area contributed by atoms with Crippen LogP contribution >= 0.6 is 0 Å². The molecule has 6 nitrogen and oxygen atoms in total. The average molecular weight is 308 g/mol. The van der Waals surface area contributed by atoms with Gasteiger partial charge in [0.25, 0.3) is 0 Å². The normalized spacial score (nSPS) is 30.0. The van der Waals surface area contributed by atoms with Crippen LogP contribution in [0.2, 0.25) is 0 Å². The third-order valence-electron chi connectivity index (χ3n) is 5.02. The predicted molar refractivity (Wildman–Crippen MR) is 78.7 cm³/mol. The van der Waals surface area contributed by atoms with Crippen molar-refractivity contribution in [1.82, 2.24) is 9.80 Å². The lowest BCUT2D eigenvalue weighted by Gasteiger charge is -2.47. The molecule has 3 aliphatic rings. The maximum atomic E-state index is 12.6. The quantitative estimate of drug-likeness (QED) is 0.718. The van der Waals surface area contributed by atoms with Crippen LogP contribution in [0, 0.1) is 17.8 Å². The minimum absolute atomic E-state index is 0.0268. The third-order valence-corrected chi connectivity index (χ3v) is 5.02. The zero-order valence-electron chi connectivity index (χ0n) is 13.5. The van der Waals surface area contributed by atoms with Crippen LogP contribution in [0.3, 0.4) is 0 Å². The van der Waals surface area contributed by atoms with E-state index in [0.717, 1.165) is 12.8 Å². The highest BCUT2D eigenvalue weighted by atomic mass is 16.5. The average Bonchev–Trinajstić information content (AvgIpc) is 3.36. The topological polar surface area (TPSA) is 66.9 Å². The molecule has 1 saturated heterocycles. The summed E-state index contributed by atoms with van der Waals surface area (Å²) >= 11 is 0. The number of nitrogens with zero attached hydrogens (tertiary/aromatic N) is 2. The van der Waals surface area contributed by atoms with Crippen molar-refractivity contribution in [2.75, 3.05) is 26.7 Å². The zero-order valence-corrected chi connectivity index (χ0v) is 13.5. The molecule has 2 saturated carbocycles. The monoisotopic (exact) mass is 308 g/mol. The molecule has 22 heavy (non-hydrogen) atoms. The van der Waals surface area contributed by atoms with E-state index in [2.05, 4.69) is 0 Å². The molecular formula is C16H24N2O4. The van der Waals surface area contributed by atoms with E-state index in [1.165, 1.54) is 7.11 Å². The first-order valence-corrected chi connectivity index (χ1v) is 8.03. The zero-order chi connectivity index (χ0) is 16.1. The number of piperazine rings is 1. The van der Waals surface area contributed by atoms with Crippen LogP contribution in [-0.2, 0) is 19.1 Å². The van der Waals surface area contributed by atoms with Gasteiger partial charge in [0, 0.05) is 25.6 Å². The maximum Gasteiger partial charge on any atom is 0.309 e. The summed E-state index contributed by atoms with van der Waals surface area (Å²) in [6, 6.07) is 0. The van der Waals surface area contributed by atoms with E-state index in [1.54, 1.807) is 0 Å². The van der Waals surface area contributed by atoms with E-state index in [9.17, 15) is 14.4 Å². The summed E-state index contributed by atoms with van der Waals surface area (Å²) in [5.74, 6) is -0.335. The summed E-state index contributed by atoms with van der Waals surface area (Å²) in [6.07, 6.45) is 2.59. The summed E-state index contributed by atoms with van der Waals surface area (Å²) in [4.78, 5) is 40.1. The molecule has 3 rings (SSSR count). The van der Waals surface area contributed by atoms with E-state index in [1.807, 2.05) is 23.6 Å². The van der Waals surface area contributed by atoms with E-state index in [4.69, 9.17) is 4.74 Å². The number of ether oxygens (including phenoxy) is 1. The van der Waals surface area contributed by atoms with Gasteiger partial charge in [-0.25, -0.2) is 0 Å². The molecule has 0 spiro atoms. The second-order valence-electron chi connectivity index (χ2n) is 7.31. The van der Waals surface area contributed by atoms with Crippen molar-refractivity contribution in [1.29, 1.82) is 0 Å². The fourth-order valence-corrected chi connectivity index (χ4v) is 3.42. The Hall–Kier alpha value is -1.59. The fraction of sp³-hybridized carbons (Fsp3) is 0.812. The van der Waals surface area contributed by atoms with Crippen LogP contribution in [0.25, 0.3) is 0 Å². The molecule has 1 aliphatic heterocycles. The summed E-state index contributed by atoms with van der Waals surface area (Å²) in [6.45, 7) is 5.71. The molecule has 3 fully saturated rings. The predicted octanol–water partition coefficient (Wildman–Crippen LogP) is 0.655. The molecule has 2 amide bonds. The van der Waals surface area contributed by atoms with Crippen molar-refractivity contribution in [3.05, 3.63) is 0 Å². The van der Waals surface area contributed by atoms with Crippen molar-refractivity contribution in [3.8, 4) is 0 Å². The molecule has 2 aliphatic carbocycles. The van der Waals surface area contributed by atoms with Crippen molar-refractivity contribution >= 4 is 17.8 Å². The number of hydrogen-bond acceptors (Lipinski definition) is 4. The molecule has 6 heteroatoms. The Balaban J connectivity index is 1.62. The molecule has 2 unspecified atom stereocenters. The Kier molecular flexibility index (Phi) is 3.65. The highest BCUT2D eigenvalue weighted by Crippen LogP contribution is 2.42. The number of esters is 1. The minimum Gasteiger partial charge on any atom is -0.469 e. The van der Waals surface area contributed by atoms with Gasteiger partial charge in [-0.1, -0.05) is 0 Å². The second kappa shape index (κ2) is 5.25. The lowest BCUT2D eigenvalue weighted by atomic mass is 9.97. The van der Waals surface area contributed by atoms with Crippen molar-refractivity contribution in [3.63, 3.8) is 0 Å². The van der Waals surface area contributed by atoms with Crippen LogP contribution in [0.1, 0.15) is 33.1 Å². The van der Waals surface area contributed by atoms with E-state index >= 15 is 0 Å². The van der Waals surface area contributed by atoms with Gasteiger partial charge in [-0.05, 0) is 33.1 Å². The molecule has 0 N–H and O–H groups in total. The Bertz CT molecular complexity index is 512. The molecule has 0 aromatic carbocycles. The summed E-state index contributed by atoms with van der Waals surface area (Å²) in [5, 5.41) is 0. The molecule has 1 heterocycles. The number of rotatable bonds is 3. The summed E-state index contributed by atoms with van der Waals surface area (Å²) < 4.78 is 4.71. The van der Waals surface area contributed by atoms with Crippen LogP contribution in [0.4, 0.5) is 0 Å². The summed E-state index contributed by atoms with van der Waals surface area (Å²) in [5.41, 5.74) is -0.386. The van der Waals surface area contributed by atoms with Crippen LogP contribution in [-0.4, -0.2) is 59.9 Å². The molecule has 0 aromatic heterocycles. The number of carbonyl (C=O) groups excluding carboxylic acids is 3. The first-order chi connectivity index (χ1) is 10.3. The Morgan fingerprint density at radius 2 is 1.73 bits per heavy atom. The van der Waals surface area contributed by atoms with Gasteiger partial charge in [0.15, 0.2) is 0 Å². The highest BCUT2D eigenvalue weighted by molar-refractivity contribution is 5.91. The molecule has 122 valence electrons. The van der Waals surface area contributed by atoms with Gasteiger partial charge in [0.1, 0.15) is 0 Å². The maximum absolute atomic E-state index is 12.6. The van der Waals surface area contributed by atoms with Gasteiger partial charge in [0.2, 0.25) is 11.8 Å². The van der Waals surface area contributed by atoms with Gasteiger partial charge in [-0.3, -0.25) is 14.4 Å². The number of methoxy groups -OCH3 is 1. The van der Waals surface area contributed by atoms with Gasteiger partial charge >= 0.3 is 5.97 Å².